The largest absolute Gasteiger partial charge is 0.444 e. The van der Waals surface area contributed by atoms with Crippen LogP contribution in [0.25, 0.3) is 0 Å². The van der Waals surface area contributed by atoms with Crippen molar-refractivity contribution in [1.82, 2.24) is 14.9 Å². The van der Waals surface area contributed by atoms with Crippen LogP contribution in [0.1, 0.15) is 33.6 Å². The summed E-state index contributed by atoms with van der Waals surface area (Å²) in [5.74, 6) is 0.662. The van der Waals surface area contributed by atoms with Crippen LogP contribution in [0, 0.1) is 5.92 Å². The Morgan fingerprint density at radius 3 is 2.73 bits per heavy atom. The fourth-order valence-electron chi connectivity index (χ4n) is 2.39. The van der Waals surface area contributed by atoms with Crippen molar-refractivity contribution in [3.05, 3.63) is 18.5 Å². The Hall–Kier alpha value is -1.50. The van der Waals surface area contributed by atoms with E-state index in [2.05, 4.69) is 9.97 Å². The first-order valence-electron chi connectivity index (χ1n) is 7.48. The van der Waals surface area contributed by atoms with Gasteiger partial charge in [0.25, 0.3) is 0 Å². The van der Waals surface area contributed by atoms with Gasteiger partial charge in [0.1, 0.15) is 5.60 Å². The summed E-state index contributed by atoms with van der Waals surface area (Å²) >= 11 is 0. The van der Waals surface area contributed by atoms with E-state index in [1.807, 2.05) is 20.8 Å². The van der Waals surface area contributed by atoms with Gasteiger partial charge < -0.3 is 9.64 Å². The molecule has 0 spiro atoms. The van der Waals surface area contributed by atoms with Crippen LogP contribution in [-0.2, 0) is 15.5 Å². The van der Waals surface area contributed by atoms with E-state index in [0.717, 1.165) is 12.8 Å². The standard InChI is InChI=1S/C15H23N3O3S/c1-15(2,3)21-14(19)18-9-4-6-12(10-18)11-22(20)13-16-7-5-8-17-13/h5,7-8,12H,4,6,9-11H2,1-3H3/t12-,22-/m0/s1. The van der Waals surface area contributed by atoms with Gasteiger partial charge in [0.05, 0.1) is 10.8 Å². The zero-order valence-corrected chi connectivity index (χ0v) is 14.1. The summed E-state index contributed by atoms with van der Waals surface area (Å²) in [6.45, 7) is 6.84. The van der Waals surface area contributed by atoms with Crippen LogP contribution in [0.2, 0.25) is 0 Å². The summed E-state index contributed by atoms with van der Waals surface area (Å²) in [7, 11) is -1.23. The van der Waals surface area contributed by atoms with Gasteiger partial charge in [0.15, 0.2) is 0 Å². The first-order valence-corrected chi connectivity index (χ1v) is 8.80. The molecule has 0 radical (unpaired) electrons. The second-order valence-corrected chi connectivity index (χ2v) is 7.87. The molecular formula is C15H23N3O3S. The highest BCUT2D eigenvalue weighted by molar-refractivity contribution is 7.84. The third-order valence-electron chi connectivity index (χ3n) is 3.30. The molecule has 1 aromatic rings. The molecule has 1 saturated heterocycles. The first kappa shape index (κ1) is 16.9. The Balaban J connectivity index is 1.91. The van der Waals surface area contributed by atoms with Crippen molar-refractivity contribution in [2.45, 2.75) is 44.4 Å². The van der Waals surface area contributed by atoms with Crippen molar-refractivity contribution >= 4 is 16.9 Å². The molecule has 1 fully saturated rings. The number of likely N-dealkylation sites (tertiary alicyclic amines) is 1. The van der Waals surface area contributed by atoms with Gasteiger partial charge in [-0.1, -0.05) is 0 Å². The van der Waals surface area contributed by atoms with Gasteiger partial charge in [0, 0.05) is 31.2 Å². The molecule has 0 aliphatic carbocycles. The van der Waals surface area contributed by atoms with Crippen LogP contribution in [0.4, 0.5) is 4.79 Å². The van der Waals surface area contributed by atoms with Crippen LogP contribution in [0.3, 0.4) is 0 Å². The fourth-order valence-corrected chi connectivity index (χ4v) is 3.59. The molecule has 22 heavy (non-hydrogen) atoms. The highest BCUT2D eigenvalue weighted by Crippen LogP contribution is 2.21. The molecule has 1 aromatic heterocycles. The molecule has 0 N–H and O–H groups in total. The van der Waals surface area contributed by atoms with Crippen molar-refractivity contribution in [3.8, 4) is 0 Å². The lowest BCUT2D eigenvalue weighted by atomic mass is 10.0. The van der Waals surface area contributed by atoms with Crippen molar-refractivity contribution in [3.63, 3.8) is 0 Å². The van der Waals surface area contributed by atoms with Crippen LogP contribution in [-0.4, -0.2) is 49.6 Å². The molecule has 2 heterocycles. The van der Waals surface area contributed by atoms with E-state index in [-0.39, 0.29) is 12.0 Å². The van der Waals surface area contributed by atoms with E-state index >= 15 is 0 Å². The minimum atomic E-state index is -1.23. The molecular weight excluding hydrogens is 302 g/mol. The maximum atomic E-state index is 12.3. The normalized spacial score (nSPS) is 20.5. The van der Waals surface area contributed by atoms with Crippen LogP contribution >= 0.6 is 0 Å². The van der Waals surface area contributed by atoms with E-state index in [1.54, 1.807) is 23.4 Å². The number of aromatic nitrogens is 2. The highest BCUT2D eigenvalue weighted by Gasteiger charge is 2.28. The third-order valence-corrected chi connectivity index (χ3v) is 4.70. The molecule has 0 bridgehead atoms. The van der Waals surface area contributed by atoms with Crippen LogP contribution in [0.5, 0.6) is 0 Å². The monoisotopic (exact) mass is 325 g/mol. The fraction of sp³-hybridized carbons (Fsp3) is 0.667. The lowest BCUT2D eigenvalue weighted by molar-refractivity contribution is 0.0176. The van der Waals surface area contributed by atoms with Gasteiger partial charge in [-0.05, 0) is 45.6 Å². The highest BCUT2D eigenvalue weighted by atomic mass is 32.2. The summed E-state index contributed by atoms with van der Waals surface area (Å²) in [4.78, 5) is 21.9. The molecule has 6 nitrogen and oxygen atoms in total. The third kappa shape index (κ3) is 5.05. The van der Waals surface area contributed by atoms with Gasteiger partial charge >= 0.3 is 6.09 Å². The molecule has 2 atom stereocenters. The quantitative estimate of drug-likeness (QED) is 0.797. The lowest BCUT2D eigenvalue weighted by Gasteiger charge is -2.33. The number of amides is 1. The maximum absolute atomic E-state index is 12.3. The number of ether oxygens (including phenoxy) is 1. The maximum Gasteiger partial charge on any atom is 0.410 e. The average molecular weight is 325 g/mol. The molecule has 122 valence electrons. The number of carbonyl (C=O) groups is 1. The molecule has 0 aromatic carbocycles. The number of hydrogen-bond acceptors (Lipinski definition) is 5. The van der Waals surface area contributed by atoms with Crippen LogP contribution < -0.4 is 0 Å². The summed E-state index contributed by atoms with van der Waals surface area (Å²) in [6.07, 6.45) is 4.75. The number of carbonyl (C=O) groups excluding carboxylic acids is 1. The lowest BCUT2D eigenvalue weighted by Crippen LogP contribution is -2.44. The van der Waals surface area contributed by atoms with Crippen LogP contribution in [0.15, 0.2) is 23.6 Å². The topological polar surface area (TPSA) is 72.4 Å². The predicted molar refractivity (Wildman–Crippen MR) is 83.8 cm³/mol. The molecule has 1 aliphatic heterocycles. The average Bonchev–Trinajstić information content (AvgIpc) is 2.46. The number of rotatable bonds is 3. The number of piperidine rings is 1. The van der Waals surface area contributed by atoms with Gasteiger partial charge in [-0.3, -0.25) is 4.21 Å². The Kier molecular flexibility index (Phi) is 5.50. The van der Waals surface area contributed by atoms with Crippen molar-refractivity contribution in [2.24, 2.45) is 5.92 Å². The van der Waals surface area contributed by atoms with Crippen molar-refractivity contribution < 1.29 is 13.7 Å². The van der Waals surface area contributed by atoms with Gasteiger partial charge in [0.2, 0.25) is 5.16 Å². The molecule has 2 rings (SSSR count). The van der Waals surface area contributed by atoms with Gasteiger partial charge in [-0.15, -0.1) is 0 Å². The first-order chi connectivity index (χ1) is 10.3. The predicted octanol–water partition coefficient (Wildman–Crippen LogP) is 2.23. The number of nitrogens with zero attached hydrogens (tertiary/aromatic N) is 3. The minimum absolute atomic E-state index is 0.186. The Morgan fingerprint density at radius 2 is 2.09 bits per heavy atom. The van der Waals surface area contributed by atoms with E-state index in [1.165, 1.54) is 0 Å². The molecule has 1 amide bonds. The SMILES string of the molecule is CC(C)(C)OC(=O)N1CCC[C@H](C[S@](=O)c2ncccn2)C1. The van der Waals surface area contributed by atoms with E-state index < -0.39 is 16.4 Å². The summed E-state index contributed by atoms with van der Waals surface area (Å²) in [5, 5.41) is 0.358. The summed E-state index contributed by atoms with van der Waals surface area (Å²) in [5.41, 5.74) is -0.495. The van der Waals surface area contributed by atoms with E-state index in [9.17, 15) is 9.00 Å². The Morgan fingerprint density at radius 1 is 1.41 bits per heavy atom. The number of hydrogen-bond donors (Lipinski definition) is 0. The van der Waals surface area contributed by atoms with Crippen molar-refractivity contribution in [2.75, 3.05) is 18.8 Å². The minimum Gasteiger partial charge on any atom is -0.444 e. The smallest absolute Gasteiger partial charge is 0.410 e. The zero-order chi connectivity index (χ0) is 16.2. The second-order valence-electron chi connectivity index (χ2n) is 6.48. The van der Waals surface area contributed by atoms with Crippen molar-refractivity contribution in [1.29, 1.82) is 0 Å². The molecule has 1 aliphatic rings. The Labute approximate surface area is 133 Å². The Bertz CT molecular complexity index is 531. The van der Waals surface area contributed by atoms with E-state index in [0.29, 0.717) is 24.0 Å². The van der Waals surface area contributed by atoms with Gasteiger partial charge in [-0.25, -0.2) is 14.8 Å². The zero-order valence-electron chi connectivity index (χ0n) is 13.3. The second kappa shape index (κ2) is 7.17. The summed E-state index contributed by atoms with van der Waals surface area (Å²) in [6, 6.07) is 1.70. The van der Waals surface area contributed by atoms with Gasteiger partial charge in [-0.2, -0.15) is 0 Å². The molecule has 0 unspecified atom stereocenters. The molecule has 7 heteroatoms. The molecule has 0 saturated carbocycles. The summed E-state index contributed by atoms with van der Waals surface area (Å²) < 4.78 is 17.7. The van der Waals surface area contributed by atoms with E-state index in [4.69, 9.17) is 4.74 Å².